The maximum absolute atomic E-state index is 6.41. The number of piperidine rings is 1. The third-order valence-corrected chi connectivity index (χ3v) is 4.41. The number of nitrogens with two attached hydrogens (primary N) is 1. The lowest BCUT2D eigenvalue weighted by molar-refractivity contribution is 0.130. The van der Waals surface area contributed by atoms with Crippen LogP contribution in [0.15, 0.2) is 24.3 Å². The number of ether oxygens (including phenoxy) is 1. The second-order valence-electron chi connectivity index (χ2n) is 5.76. The Morgan fingerprint density at radius 1 is 1.21 bits per heavy atom. The van der Waals surface area contributed by atoms with Crippen LogP contribution in [-0.2, 0) is 0 Å². The molecule has 1 aromatic carbocycles. The van der Waals surface area contributed by atoms with Crippen LogP contribution < -0.4 is 10.5 Å². The minimum atomic E-state index is 0.0688. The van der Waals surface area contributed by atoms with Crippen molar-refractivity contribution >= 4 is 0 Å². The second-order valence-corrected chi connectivity index (χ2v) is 5.76. The summed E-state index contributed by atoms with van der Waals surface area (Å²) in [5, 5.41) is 0. The Labute approximate surface area is 116 Å². The van der Waals surface area contributed by atoms with Gasteiger partial charge in [0.1, 0.15) is 5.75 Å². The average molecular weight is 262 g/mol. The first-order valence-electron chi connectivity index (χ1n) is 7.25. The largest absolute Gasteiger partial charge is 0.497 e. The Hall–Kier alpha value is -1.06. The Balaban J connectivity index is 1.99. The molecule has 1 aromatic rings. The SMILES string of the molecule is COc1ccc(C(N)C(C)N2CCC(C)CC2)cc1. The summed E-state index contributed by atoms with van der Waals surface area (Å²) in [5.41, 5.74) is 7.60. The van der Waals surface area contributed by atoms with Gasteiger partial charge in [-0.1, -0.05) is 19.1 Å². The van der Waals surface area contributed by atoms with Crippen LogP contribution in [-0.4, -0.2) is 31.1 Å². The van der Waals surface area contributed by atoms with Crippen molar-refractivity contribution in [2.45, 2.75) is 38.8 Å². The molecule has 0 aromatic heterocycles. The lowest BCUT2D eigenvalue weighted by atomic mass is 9.94. The van der Waals surface area contributed by atoms with E-state index in [0.29, 0.717) is 6.04 Å². The number of methoxy groups -OCH3 is 1. The van der Waals surface area contributed by atoms with Crippen molar-refractivity contribution in [3.8, 4) is 5.75 Å². The normalized spacial score (nSPS) is 21.1. The molecule has 2 unspecified atom stereocenters. The van der Waals surface area contributed by atoms with Gasteiger partial charge in [-0.25, -0.2) is 0 Å². The van der Waals surface area contributed by atoms with Gasteiger partial charge in [0.05, 0.1) is 7.11 Å². The standard InChI is InChI=1S/C16H26N2O/c1-12-8-10-18(11-9-12)13(2)16(17)14-4-6-15(19-3)7-5-14/h4-7,12-13,16H,8-11,17H2,1-3H3. The van der Waals surface area contributed by atoms with Gasteiger partial charge in [0.25, 0.3) is 0 Å². The molecular formula is C16H26N2O. The van der Waals surface area contributed by atoms with Gasteiger partial charge in [-0.3, -0.25) is 4.90 Å². The van der Waals surface area contributed by atoms with Gasteiger partial charge in [0, 0.05) is 12.1 Å². The smallest absolute Gasteiger partial charge is 0.118 e. The molecule has 106 valence electrons. The maximum Gasteiger partial charge on any atom is 0.118 e. The molecule has 19 heavy (non-hydrogen) atoms. The molecular weight excluding hydrogens is 236 g/mol. The molecule has 0 aliphatic carbocycles. The maximum atomic E-state index is 6.41. The highest BCUT2D eigenvalue weighted by Crippen LogP contribution is 2.25. The molecule has 0 saturated carbocycles. The molecule has 0 bridgehead atoms. The number of hydrogen-bond acceptors (Lipinski definition) is 3. The summed E-state index contributed by atoms with van der Waals surface area (Å²) in [5.74, 6) is 1.75. The van der Waals surface area contributed by atoms with Crippen molar-refractivity contribution < 1.29 is 4.74 Å². The Bertz CT molecular complexity index is 382. The summed E-state index contributed by atoms with van der Waals surface area (Å²) < 4.78 is 5.19. The van der Waals surface area contributed by atoms with Crippen LogP contribution in [0.4, 0.5) is 0 Å². The summed E-state index contributed by atoms with van der Waals surface area (Å²) in [6.07, 6.45) is 2.58. The highest BCUT2D eigenvalue weighted by molar-refractivity contribution is 5.29. The fourth-order valence-electron chi connectivity index (χ4n) is 2.77. The zero-order valence-corrected chi connectivity index (χ0v) is 12.3. The van der Waals surface area contributed by atoms with Crippen LogP contribution in [0.1, 0.15) is 38.3 Å². The molecule has 1 fully saturated rings. The number of rotatable bonds is 4. The molecule has 2 atom stereocenters. The number of likely N-dealkylation sites (tertiary alicyclic amines) is 1. The first-order chi connectivity index (χ1) is 9.11. The Morgan fingerprint density at radius 3 is 2.32 bits per heavy atom. The zero-order valence-electron chi connectivity index (χ0n) is 12.3. The molecule has 2 rings (SSSR count). The van der Waals surface area contributed by atoms with E-state index in [4.69, 9.17) is 10.5 Å². The first kappa shape index (κ1) is 14.4. The molecule has 1 heterocycles. The highest BCUT2D eigenvalue weighted by Gasteiger charge is 2.25. The summed E-state index contributed by atoms with van der Waals surface area (Å²) in [6.45, 7) is 6.93. The van der Waals surface area contributed by atoms with Crippen molar-refractivity contribution in [2.24, 2.45) is 11.7 Å². The molecule has 0 spiro atoms. The van der Waals surface area contributed by atoms with E-state index in [-0.39, 0.29) is 6.04 Å². The predicted molar refractivity (Wildman–Crippen MR) is 79.4 cm³/mol. The van der Waals surface area contributed by atoms with Crippen molar-refractivity contribution in [3.05, 3.63) is 29.8 Å². The summed E-state index contributed by atoms with van der Waals surface area (Å²) >= 11 is 0. The van der Waals surface area contributed by atoms with E-state index < -0.39 is 0 Å². The van der Waals surface area contributed by atoms with Crippen LogP contribution in [0.5, 0.6) is 5.75 Å². The van der Waals surface area contributed by atoms with Crippen LogP contribution in [0.25, 0.3) is 0 Å². The molecule has 2 N–H and O–H groups in total. The van der Waals surface area contributed by atoms with E-state index in [1.54, 1.807) is 7.11 Å². The molecule has 3 nitrogen and oxygen atoms in total. The summed E-state index contributed by atoms with van der Waals surface area (Å²) in [6, 6.07) is 8.58. The van der Waals surface area contributed by atoms with Crippen LogP contribution >= 0.6 is 0 Å². The van der Waals surface area contributed by atoms with Gasteiger partial charge in [0.15, 0.2) is 0 Å². The predicted octanol–water partition coefficient (Wildman–Crippen LogP) is 2.82. The van der Waals surface area contributed by atoms with Crippen molar-refractivity contribution in [1.82, 2.24) is 4.90 Å². The Morgan fingerprint density at radius 2 is 1.79 bits per heavy atom. The molecule has 3 heteroatoms. The summed E-state index contributed by atoms with van der Waals surface area (Å²) in [4.78, 5) is 2.52. The number of nitrogens with zero attached hydrogens (tertiary/aromatic N) is 1. The third-order valence-electron chi connectivity index (χ3n) is 4.41. The van der Waals surface area contributed by atoms with Crippen molar-refractivity contribution in [2.75, 3.05) is 20.2 Å². The van der Waals surface area contributed by atoms with E-state index in [1.807, 2.05) is 12.1 Å². The lowest BCUT2D eigenvalue weighted by Crippen LogP contribution is -2.44. The van der Waals surface area contributed by atoms with Crippen molar-refractivity contribution in [1.29, 1.82) is 0 Å². The quantitative estimate of drug-likeness (QED) is 0.907. The third kappa shape index (κ3) is 3.48. The van der Waals surface area contributed by atoms with Gasteiger partial charge in [0.2, 0.25) is 0 Å². The molecule has 0 amide bonds. The Kier molecular flexibility index (Phi) is 4.83. The van der Waals surface area contributed by atoms with E-state index >= 15 is 0 Å². The minimum Gasteiger partial charge on any atom is -0.497 e. The fourth-order valence-corrected chi connectivity index (χ4v) is 2.77. The number of benzene rings is 1. The van der Waals surface area contributed by atoms with Gasteiger partial charge in [-0.15, -0.1) is 0 Å². The lowest BCUT2D eigenvalue weighted by Gasteiger charge is -2.37. The van der Waals surface area contributed by atoms with Gasteiger partial charge < -0.3 is 10.5 Å². The molecule has 1 saturated heterocycles. The van der Waals surface area contributed by atoms with Gasteiger partial charge in [-0.05, 0) is 56.5 Å². The van der Waals surface area contributed by atoms with E-state index in [2.05, 4.69) is 30.9 Å². The average Bonchev–Trinajstić information content (AvgIpc) is 2.46. The minimum absolute atomic E-state index is 0.0688. The van der Waals surface area contributed by atoms with Crippen LogP contribution in [0.3, 0.4) is 0 Å². The summed E-state index contributed by atoms with van der Waals surface area (Å²) in [7, 11) is 1.69. The van der Waals surface area contributed by atoms with Crippen molar-refractivity contribution in [3.63, 3.8) is 0 Å². The van der Waals surface area contributed by atoms with E-state index in [9.17, 15) is 0 Å². The van der Waals surface area contributed by atoms with E-state index in [1.165, 1.54) is 31.5 Å². The first-order valence-corrected chi connectivity index (χ1v) is 7.25. The monoisotopic (exact) mass is 262 g/mol. The topological polar surface area (TPSA) is 38.5 Å². The number of hydrogen-bond donors (Lipinski definition) is 1. The van der Waals surface area contributed by atoms with Gasteiger partial charge >= 0.3 is 0 Å². The van der Waals surface area contributed by atoms with Crippen LogP contribution in [0.2, 0.25) is 0 Å². The zero-order chi connectivity index (χ0) is 13.8. The van der Waals surface area contributed by atoms with Crippen LogP contribution in [0, 0.1) is 5.92 Å². The highest BCUT2D eigenvalue weighted by atomic mass is 16.5. The van der Waals surface area contributed by atoms with E-state index in [0.717, 1.165) is 11.7 Å². The molecule has 1 aliphatic heterocycles. The fraction of sp³-hybridized carbons (Fsp3) is 0.625. The second kappa shape index (κ2) is 6.40. The molecule has 0 radical (unpaired) electrons. The molecule has 1 aliphatic rings. The van der Waals surface area contributed by atoms with Gasteiger partial charge in [-0.2, -0.15) is 0 Å².